The lowest BCUT2D eigenvalue weighted by molar-refractivity contribution is 0.103. The fourth-order valence-electron chi connectivity index (χ4n) is 2.27. The standard InChI is InChI=1S/C20H13BrClNO/c21-16-10-11-19(23-13-15-8-4-5-9-18(15)22)17(12-16)20(24)14-6-2-1-3-7-14/h1-13H. The summed E-state index contributed by atoms with van der Waals surface area (Å²) in [6.07, 6.45) is 1.67. The Bertz CT molecular complexity index is 907. The zero-order valence-corrected chi connectivity index (χ0v) is 15.0. The quantitative estimate of drug-likeness (QED) is 0.386. The van der Waals surface area contributed by atoms with Gasteiger partial charge in [-0.05, 0) is 24.3 Å². The van der Waals surface area contributed by atoms with Crippen molar-refractivity contribution in [2.45, 2.75) is 0 Å². The van der Waals surface area contributed by atoms with E-state index in [9.17, 15) is 4.79 Å². The third-order valence-corrected chi connectivity index (χ3v) is 4.32. The average Bonchev–Trinajstić information content (AvgIpc) is 2.62. The van der Waals surface area contributed by atoms with E-state index >= 15 is 0 Å². The maximum absolute atomic E-state index is 12.8. The minimum Gasteiger partial charge on any atom is -0.289 e. The Morgan fingerprint density at radius 3 is 2.42 bits per heavy atom. The number of halogens is 2. The van der Waals surface area contributed by atoms with Gasteiger partial charge in [-0.25, -0.2) is 0 Å². The Morgan fingerprint density at radius 2 is 1.67 bits per heavy atom. The summed E-state index contributed by atoms with van der Waals surface area (Å²) >= 11 is 9.57. The predicted molar refractivity (Wildman–Crippen MR) is 103 cm³/mol. The van der Waals surface area contributed by atoms with Crippen LogP contribution in [-0.4, -0.2) is 12.0 Å². The van der Waals surface area contributed by atoms with Crippen molar-refractivity contribution < 1.29 is 4.79 Å². The number of ketones is 1. The summed E-state index contributed by atoms with van der Waals surface area (Å²) in [6, 6.07) is 22.1. The first kappa shape index (κ1) is 16.6. The summed E-state index contributed by atoms with van der Waals surface area (Å²) in [7, 11) is 0. The number of carbonyl (C=O) groups is 1. The van der Waals surface area contributed by atoms with Gasteiger partial charge < -0.3 is 0 Å². The second kappa shape index (κ2) is 7.56. The Morgan fingerprint density at radius 1 is 0.958 bits per heavy atom. The first-order chi connectivity index (χ1) is 11.6. The van der Waals surface area contributed by atoms with Gasteiger partial charge in [-0.3, -0.25) is 9.79 Å². The molecule has 0 aliphatic carbocycles. The lowest BCUT2D eigenvalue weighted by Crippen LogP contribution is -2.01. The van der Waals surface area contributed by atoms with Gasteiger partial charge >= 0.3 is 0 Å². The normalized spacial score (nSPS) is 10.9. The van der Waals surface area contributed by atoms with Crippen LogP contribution < -0.4 is 0 Å². The molecule has 0 heterocycles. The second-order valence-electron chi connectivity index (χ2n) is 5.14. The first-order valence-corrected chi connectivity index (χ1v) is 8.50. The van der Waals surface area contributed by atoms with Crippen molar-refractivity contribution in [2.75, 3.05) is 0 Å². The predicted octanol–water partition coefficient (Wildman–Crippen LogP) is 6.08. The van der Waals surface area contributed by atoms with E-state index in [1.165, 1.54) is 0 Å². The Labute approximate surface area is 154 Å². The molecule has 0 aliphatic heterocycles. The zero-order valence-electron chi connectivity index (χ0n) is 12.6. The molecule has 0 unspecified atom stereocenters. The number of hydrogen-bond donors (Lipinski definition) is 0. The largest absolute Gasteiger partial charge is 0.289 e. The summed E-state index contributed by atoms with van der Waals surface area (Å²) in [5.41, 5.74) is 2.58. The second-order valence-corrected chi connectivity index (χ2v) is 6.46. The fourth-order valence-corrected chi connectivity index (χ4v) is 2.81. The highest BCUT2D eigenvalue weighted by molar-refractivity contribution is 9.10. The maximum atomic E-state index is 12.8. The first-order valence-electron chi connectivity index (χ1n) is 7.33. The molecule has 3 aromatic carbocycles. The van der Waals surface area contributed by atoms with Gasteiger partial charge in [-0.1, -0.05) is 76.1 Å². The van der Waals surface area contributed by atoms with Crippen molar-refractivity contribution in [2.24, 2.45) is 4.99 Å². The van der Waals surface area contributed by atoms with Crippen molar-refractivity contribution >= 4 is 45.2 Å². The highest BCUT2D eigenvalue weighted by Crippen LogP contribution is 2.26. The molecule has 2 nitrogen and oxygen atoms in total. The molecule has 0 fully saturated rings. The Hall–Kier alpha value is -2.23. The highest BCUT2D eigenvalue weighted by atomic mass is 79.9. The Kier molecular flexibility index (Phi) is 5.24. The van der Waals surface area contributed by atoms with Crippen LogP contribution in [0.25, 0.3) is 0 Å². The minimum absolute atomic E-state index is 0.0665. The molecule has 0 saturated heterocycles. The zero-order chi connectivity index (χ0) is 16.9. The molecule has 0 amide bonds. The number of carbonyl (C=O) groups excluding carboxylic acids is 1. The van der Waals surface area contributed by atoms with Crippen LogP contribution in [0.2, 0.25) is 5.02 Å². The molecule has 4 heteroatoms. The smallest absolute Gasteiger partial charge is 0.195 e. The summed E-state index contributed by atoms with van der Waals surface area (Å²) in [4.78, 5) is 17.3. The summed E-state index contributed by atoms with van der Waals surface area (Å²) in [5.74, 6) is -0.0665. The molecule has 0 N–H and O–H groups in total. The minimum atomic E-state index is -0.0665. The van der Waals surface area contributed by atoms with Gasteiger partial charge in [0.25, 0.3) is 0 Å². The van der Waals surface area contributed by atoms with Crippen LogP contribution >= 0.6 is 27.5 Å². The lowest BCUT2D eigenvalue weighted by Gasteiger charge is -2.06. The van der Waals surface area contributed by atoms with Crippen LogP contribution in [0.1, 0.15) is 21.5 Å². The van der Waals surface area contributed by atoms with Crippen molar-refractivity contribution in [1.29, 1.82) is 0 Å². The van der Waals surface area contributed by atoms with Gasteiger partial charge in [-0.15, -0.1) is 0 Å². The van der Waals surface area contributed by atoms with Gasteiger partial charge in [0, 0.05) is 32.4 Å². The van der Waals surface area contributed by atoms with Gasteiger partial charge in [0.2, 0.25) is 0 Å². The van der Waals surface area contributed by atoms with Crippen molar-refractivity contribution in [3.8, 4) is 0 Å². The summed E-state index contributed by atoms with van der Waals surface area (Å²) in [5, 5.41) is 0.620. The molecule has 0 aliphatic rings. The summed E-state index contributed by atoms with van der Waals surface area (Å²) in [6.45, 7) is 0. The lowest BCUT2D eigenvalue weighted by atomic mass is 10.0. The molecule has 0 aromatic heterocycles. The topological polar surface area (TPSA) is 29.4 Å². The monoisotopic (exact) mass is 397 g/mol. The average molecular weight is 399 g/mol. The SMILES string of the molecule is O=C(c1ccccc1)c1cc(Br)ccc1N=Cc1ccccc1Cl. The molecule has 0 radical (unpaired) electrons. The van der Waals surface area contributed by atoms with Gasteiger partial charge in [0.05, 0.1) is 5.69 Å². The van der Waals surface area contributed by atoms with E-state index in [1.54, 1.807) is 30.5 Å². The third-order valence-electron chi connectivity index (χ3n) is 3.49. The van der Waals surface area contributed by atoms with Crippen molar-refractivity contribution in [1.82, 2.24) is 0 Å². The molecular weight excluding hydrogens is 386 g/mol. The third kappa shape index (κ3) is 3.81. The molecule has 3 rings (SSSR count). The summed E-state index contributed by atoms with van der Waals surface area (Å²) < 4.78 is 0.832. The molecule has 118 valence electrons. The van der Waals surface area contributed by atoms with E-state index in [1.807, 2.05) is 48.5 Å². The van der Waals surface area contributed by atoms with Crippen LogP contribution in [0, 0.1) is 0 Å². The van der Waals surface area contributed by atoms with E-state index in [-0.39, 0.29) is 5.78 Å². The van der Waals surface area contributed by atoms with E-state index in [0.717, 1.165) is 10.0 Å². The fraction of sp³-hybridized carbons (Fsp3) is 0. The van der Waals surface area contributed by atoms with Crippen LogP contribution in [-0.2, 0) is 0 Å². The van der Waals surface area contributed by atoms with Crippen molar-refractivity contribution in [3.05, 3.63) is 99.0 Å². The van der Waals surface area contributed by atoms with Crippen LogP contribution in [0.4, 0.5) is 5.69 Å². The van der Waals surface area contributed by atoms with Crippen LogP contribution in [0.3, 0.4) is 0 Å². The molecule has 24 heavy (non-hydrogen) atoms. The van der Waals surface area contributed by atoms with Crippen molar-refractivity contribution in [3.63, 3.8) is 0 Å². The molecular formula is C20H13BrClNO. The number of benzene rings is 3. The van der Waals surface area contributed by atoms with E-state index in [4.69, 9.17) is 11.6 Å². The maximum Gasteiger partial charge on any atom is 0.195 e. The Balaban J connectivity index is 2.00. The van der Waals surface area contributed by atoms with E-state index < -0.39 is 0 Å². The van der Waals surface area contributed by atoms with Crippen LogP contribution in [0.15, 0.2) is 82.3 Å². The number of rotatable bonds is 4. The van der Waals surface area contributed by atoms with Gasteiger partial charge in [-0.2, -0.15) is 0 Å². The molecule has 3 aromatic rings. The van der Waals surface area contributed by atoms with E-state index in [0.29, 0.717) is 21.8 Å². The van der Waals surface area contributed by atoms with E-state index in [2.05, 4.69) is 20.9 Å². The molecule has 0 atom stereocenters. The highest BCUT2D eigenvalue weighted by Gasteiger charge is 2.13. The number of hydrogen-bond acceptors (Lipinski definition) is 2. The number of nitrogens with zero attached hydrogens (tertiary/aromatic N) is 1. The molecule has 0 spiro atoms. The molecule has 0 bridgehead atoms. The van der Waals surface area contributed by atoms with Gasteiger partial charge in [0.15, 0.2) is 5.78 Å². The van der Waals surface area contributed by atoms with Gasteiger partial charge in [0.1, 0.15) is 0 Å². The molecule has 0 saturated carbocycles. The number of aliphatic imine (C=N–C) groups is 1. The van der Waals surface area contributed by atoms with Crippen LogP contribution in [0.5, 0.6) is 0 Å².